The zero-order chi connectivity index (χ0) is 28.3. The van der Waals surface area contributed by atoms with Gasteiger partial charge in [-0.25, -0.2) is 13.4 Å². The molecular formula is C28H31Cl2N5O4S2. The molecule has 0 atom stereocenters. The van der Waals surface area contributed by atoms with Crippen molar-refractivity contribution < 1.29 is 17.9 Å². The second-order valence-corrected chi connectivity index (χ2v) is 12.6. The molecule has 1 aliphatic rings. The van der Waals surface area contributed by atoms with Crippen LogP contribution in [-0.4, -0.2) is 70.6 Å². The minimum absolute atomic E-state index is 0. The minimum atomic E-state index is -3.80. The molecule has 13 heteroatoms. The Hall–Kier alpha value is -3.09. The van der Waals surface area contributed by atoms with Crippen LogP contribution in [0.25, 0.3) is 10.2 Å². The maximum atomic E-state index is 12.8. The van der Waals surface area contributed by atoms with Crippen LogP contribution in [-0.2, 0) is 10.0 Å². The van der Waals surface area contributed by atoms with Crippen LogP contribution in [0.1, 0.15) is 15.9 Å². The van der Waals surface area contributed by atoms with Crippen LogP contribution >= 0.6 is 35.3 Å². The van der Waals surface area contributed by atoms with Gasteiger partial charge in [-0.2, -0.15) is 0 Å². The fourth-order valence-corrected chi connectivity index (χ4v) is 6.82. The Kier molecular flexibility index (Phi) is 9.98. The van der Waals surface area contributed by atoms with Crippen LogP contribution in [0.15, 0.2) is 65.6 Å². The molecule has 1 aromatic heterocycles. The van der Waals surface area contributed by atoms with Crippen molar-refractivity contribution in [3.8, 4) is 5.75 Å². The van der Waals surface area contributed by atoms with Crippen molar-refractivity contribution >= 4 is 72.3 Å². The van der Waals surface area contributed by atoms with E-state index < -0.39 is 10.0 Å². The predicted octanol–water partition coefficient (Wildman–Crippen LogP) is 5.04. The molecule has 2 heterocycles. The lowest BCUT2D eigenvalue weighted by Gasteiger charge is -2.34. The fourth-order valence-electron chi connectivity index (χ4n) is 4.54. The number of carbonyl (C=O) groups is 1. The third-order valence-corrected chi connectivity index (χ3v) is 9.67. The molecule has 0 radical (unpaired) electrons. The Morgan fingerprint density at radius 2 is 1.80 bits per heavy atom. The van der Waals surface area contributed by atoms with Crippen LogP contribution in [0.2, 0.25) is 5.02 Å². The monoisotopic (exact) mass is 635 g/mol. The van der Waals surface area contributed by atoms with E-state index in [1.807, 2.05) is 6.07 Å². The quantitative estimate of drug-likeness (QED) is 0.265. The van der Waals surface area contributed by atoms with Gasteiger partial charge in [-0.15, -0.1) is 12.4 Å². The molecular weight excluding hydrogens is 605 g/mol. The fraction of sp³-hybridized carbons (Fsp3) is 0.286. The van der Waals surface area contributed by atoms with Gasteiger partial charge in [0.2, 0.25) is 0 Å². The number of hydrogen-bond donors (Lipinski definition) is 2. The Bertz CT molecular complexity index is 1620. The first-order valence-electron chi connectivity index (χ1n) is 12.8. The van der Waals surface area contributed by atoms with Crippen LogP contribution < -0.4 is 19.7 Å². The number of aryl methyl sites for hydroxylation is 1. The molecule has 41 heavy (non-hydrogen) atoms. The average molecular weight is 637 g/mol. The summed E-state index contributed by atoms with van der Waals surface area (Å²) in [5.41, 5.74) is 2.79. The number of rotatable bonds is 9. The number of ether oxygens (including phenoxy) is 1. The Balaban J connectivity index is 0.00000387. The molecule has 218 valence electrons. The Labute approximate surface area is 254 Å². The summed E-state index contributed by atoms with van der Waals surface area (Å²) in [4.78, 5) is 22.3. The largest absolute Gasteiger partial charge is 0.494 e. The summed E-state index contributed by atoms with van der Waals surface area (Å²) < 4.78 is 34.5. The van der Waals surface area contributed by atoms with Gasteiger partial charge in [-0.1, -0.05) is 35.1 Å². The minimum Gasteiger partial charge on any atom is -0.494 e. The number of hydrogen-bond acceptors (Lipinski definition) is 8. The smallest absolute Gasteiger partial charge is 0.261 e. The van der Waals surface area contributed by atoms with Gasteiger partial charge in [-0.3, -0.25) is 14.4 Å². The number of thiazole rings is 1. The number of fused-ring (bicyclic) bond motifs is 1. The van der Waals surface area contributed by atoms with Gasteiger partial charge in [0.1, 0.15) is 11.3 Å². The van der Waals surface area contributed by atoms with E-state index in [1.54, 1.807) is 36.6 Å². The number of halogens is 2. The molecule has 0 aliphatic carbocycles. The first kappa shape index (κ1) is 30.9. The zero-order valence-electron chi connectivity index (χ0n) is 22.6. The molecule has 0 saturated carbocycles. The molecule has 3 aromatic carbocycles. The van der Waals surface area contributed by atoms with Crippen LogP contribution in [0.3, 0.4) is 0 Å². The number of piperazine rings is 1. The molecule has 1 fully saturated rings. The molecule has 1 amide bonds. The summed E-state index contributed by atoms with van der Waals surface area (Å²) in [6.07, 6.45) is 0. The van der Waals surface area contributed by atoms with E-state index in [-0.39, 0.29) is 23.2 Å². The van der Waals surface area contributed by atoms with E-state index in [0.717, 1.165) is 53.8 Å². The highest BCUT2D eigenvalue weighted by molar-refractivity contribution is 7.92. The van der Waals surface area contributed by atoms with Crippen molar-refractivity contribution in [2.24, 2.45) is 0 Å². The van der Waals surface area contributed by atoms with E-state index in [0.29, 0.717) is 22.8 Å². The van der Waals surface area contributed by atoms with Crippen LogP contribution in [0, 0.1) is 6.92 Å². The number of sulfonamides is 1. The number of methoxy groups -OCH3 is 1. The highest BCUT2D eigenvalue weighted by Gasteiger charge is 2.21. The highest BCUT2D eigenvalue weighted by atomic mass is 35.5. The molecule has 0 bridgehead atoms. The second-order valence-electron chi connectivity index (χ2n) is 9.48. The van der Waals surface area contributed by atoms with Gasteiger partial charge in [0.15, 0.2) is 5.13 Å². The number of amides is 1. The maximum absolute atomic E-state index is 12.8. The number of carbonyl (C=O) groups excluding carboxylic acids is 1. The lowest BCUT2D eigenvalue weighted by Crippen LogP contribution is -2.48. The van der Waals surface area contributed by atoms with Crippen LogP contribution in [0.5, 0.6) is 5.75 Å². The number of anilines is 2. The molecule has 5 rings (SSSR count). The van der Waals surface area contributed by atoms with E-state index in [2.05, 4.69) is 32.8 Å². The topological polar surface area (TPSA) is 104 Å². The highest BCUT2D eigenvalue weighted by Crippen LogP contribution is 2.36. The first-order chi connectivity index (χ1) is 19.2. The molecule has 4 aromatic rings. The summed E-state index contributed by atoms with van der Waals surface area (Å²) in [5.74, 6) is 0.534. The SMILES string of the molecule is COc1ccc(C)c2sc(N3CCN(CCNC(=O)c4cccc(NS(=O)(=O)c5ccc(Cl)cc5)c4)CC3)nc12.Cl. The third kappa shape index (κ3) is 7.22. The van der Waals surface area contributed by atoms with Gasteiger partial charge in [0.05, 0.1) is 16.7 Å². The van der Waals surface area contributed by atoms with Gasteiger partial charge in [0, 0.05) is 55.5 Å². The van der Waals surface area contributed by atoms with Gasteiger partial charge < -0.3 is 15.0 Å². The Morgan fingerprint density at radius 1 is 1.07 bits per heavy atom. The van der Waals surface area contributed by atoms with Crippen molar-refractivity contribution in [3.05, 3.63) is 76.8 Å². The van der Waals surface area contributed by atoms with Gasteiger partial charge >= 0.3 is 0 Å². The summed E-state index contributed by atoms with van der Waals surface area (Å²) in [6, 6.07) is 16.3. The number of nitrogens with one attached hydrogen (secondary N) is 2. The average Bonchev–Trinajstić information content (AvgIpc) is 3.40. The van der Waals surface area contributed by atoms with E-state index in [1.165, 1.54) is 35.9 Å². The molecule has 1 saturated heterocycles. The van der Waals surface area contributed by atoms with Crippen molar-refractivity contribution in [3.63, 3.8) is 0 Å². The van der Waals surface area contributed by atoms with Crippen LogP contribution in [0.4, 0.5) is 10.8 Å². The molecule has 0 spiro atoms. The molecule has 2 N–H and O–H groups in total. The third-order valence-electron chi connectivity index (χ3n) is 6.77. The van der Waals surface area contributed by atoms with Crippen molar-refractivity contribution in [2.75, 3.05) is 56.0 Å². The standard InChI is InChI=1S/C28H30ClN5O4S2.ClH/c1-19-6-11-24(38-2)25-26(19)39-28(31-25)34-16-14-33(15-17-34)13-12-30-27(35)20-4-3-5-22(18-20)32-40(36,37)23-9-7-21(29)8-10-23;/h3-11,18,32H,12-17H2,1-2H3,(H,30,35);1H. The predicted molar refractivity (Wildman–Crippen MR) is 168 cm³/mol. The summed E-state index contributed by atoms with van der Waals surface area (Å²) >= 11 is 7.55. The molecule has 0 unspecified atom stereocenters. The van der Waals surface area contributed by atoms with Crippen molar-refractivity contribution in [1.29, 1.82) is 0 Å². The molecule has 9 nitrogen and oxygen atoms in total. The number of nitrogens with zero attached hydrogens (tertiary/aromatic N) is 3. The molecule has 1 aliphatic heterocycles. The van der Waals surface area contributed by atoms with E-state index in [4.69, 9.17) is 21.3 Å². The lowest BCUT2D eigenvalue weighted by molar-refractivity contribution is 0.0948. The van der Waals surface area contributed by atoms with Gasteiger partial charge in [0.25, 0.3) is 15.9 Å². The maximum Gasteiger partial charge on any atom is 0.261 e. The first-order valence-corrected chi connectivity index (χ1v) is 15.5. The van der Waals surface area contributed by atoms with Crippen molar-refractivity contribution in [1.82, 2.24) is 15.2 Å². The van der Waals surface area contributed by atoms with Crippen molar-refractivity contribution in [2.45, 2.75) is 11.8 Å². The normalized spacial score (nSPS) is 14.0. The summed E-state index contributed by atoms with van der Waals surface area (Å²) in [5, 5.41) is 4.39. The summed E-state index contributed by atoms with van der Waals surface area (Å²) in [7, 11) is -2.13. The number of aromatic nitrogens is 1. The lowest BCUT2D eigenvalue weighted by atomic mass is 10.2. The van der Waals surface area contributed by atoms with E-state index in [9.17, 15) is 13.2 Å². The zero-order valence-corrected chi connectivity index (χ0v) is 25.8. The Morgan fingerprint density at radius 3 is 2.51 bits per heavy atom. The second kappa shape index (κ2) is 13.3. The van der Waals surface area contributed by atoms with Gasteiger partial charge in [-0.05, 0) is 61.0 Å². The van der Waals surface area contributed by atoms with E-state index >= 15 is 0 Å². The summed E-state index contributed by atoms with van der Waals surface area (Å²) in [6.45, 7) is 6.72. The number of benzene rings is 3.